The number of aliphatic carboxylic acids is 1. The van der Waals surface area contributed by atoms with Crippen molar-refractivity contribution in [1.29, 1.82) is 0 Å². The number of pyridine rings is 1. The summed E-state index contributed by atoms with van der Waals surface area (Å²) in [7, 11) is 0. The predicted octanol–water partition coefficient (Wildman–Crippen LogP) is 1.59. The van der Waals surface area contributed by atoms with Crippen LogP contribution in [0.25, 0.3) is 10.1 Å². The highest BCUT2D eigenvalue weighted by molar-refractivity contribution is 8.00. The van der Waals surface area contributed by atoms with E-state index in [9.17, 15) is 24.3 Å². The van der Waals surface area contributed by atoms with Crippen LogP contribution in [0, 0.1) is 6.92 Å². The van der Waals surface area contributed by atoms with E-state index < -0.39 is 41.8 Å². The molecule has 0 aliphatic carbocycles. The van der Waals surface area contributed by atoms with Crippen LogP contribution in [0.5, 0.6) is 0 Å². The summed E-state index contributed by atoms with van der Waals surface area (Å²) in [6, 6.07) is 2.44. The number of nitrogens with one attached hydrogen (secondary N) is 2. The van der Waals surface area contributed by atoms with Gasteiger partial charge in [-0.1, -0.05) is 5.16 Å². The van der Waals surface area contributed by atoms with Crippen molar-refractivity contribution in [2.45, 2.75) is 31.7 Å². The molecule has 0 bridgehead atoms. The third kappa shape index (κ3) is 5.16. The highest BCUT2D eigenvalue weighted by atomic mass is 32.2. The van der Waals surface area contributed by atoms with Crippen molar-refractivity contribution in [3.8, 4) is 0 Å². The highest BCUT2D eigenvalue weighted by Crippen LogP contribution is 2.41. The minimum atomic E-state index is -1.22. The molecule has 2 aliphatic rings. The number of fused-ring (bicyclic) bond motifs is 2. The topological polar surface area (TPSA) is 176 Å². The Kier molecular flexibility index (Phi) is 7.84. The third-order valence-electron chi connectivity index (χ3n) is 6.28. The molecule has 2 amide bonds. The third-order valence-corrected chi connectivity index (χ3v) is 8.67. The lowest BCUT2D eigenvalue weighted by atomic mass is 9.99. The van der Waals surface area contributed by atoms with Crippen LogP contribution in [-0.4, -0.2) is 85.0 Å². The van der Waals surface area contributed by atoms with E-state index in [1.54, 1.807) is 24.5 Å². The molecule has 40 heavy (non-hydrogen) atoms. The maximum Gasteiger partial charge on any atom is 0.352 e. The Bertz CT molecular complexity index is 1550. The van der Waals surface area contributed by atoms with Gasteiger partial charge >= 0.3 is 11.9 Å². The number of nitrogens with zero attached hydrogens (tertiary/aromatic N) is 4. The van der Waals surface area contributed by atoms with Crippen LogP contribution in [0.3, 0.4) is 0 Å². The van der Waals surface area contributed by atoms with Gasteiger partial charge < -0.3 is 20.0 Å². The van der Waals surface area contributed by atoms with Crippen molar-refractivity contribution in [3.05, 3.63) is 58.1 Å². The second-order valence-electron chi connectivity index (χ2n) is 8.84. The number of carbonyl (C=O) groups is 4. The molecule has 1 saturated heterocycles. The van der Waals surface area contributed by atoms with Crippen molar-refractivity contribution >= 4 is 62.6 Å². The number of aryl methyl sites for hydroxylation is 1. The molecular formula is C25H24N6O7S2. The number of esters is 1. The van der Waals surface area contributed by atoms with Crippen molar-refractivity contribution in [2.24, 2.45) is 5.16 Å². The number of ether oxygens (including phenoxy) is 1. The second kappa shape index (κ2) is 11.5. The van der Waals surface area contributed by atoms with Crippen LogP contribution in [0.1, 0.15) is 23.9 Å². The molecule has 13 nitrogen and oxygen atoms in total. The molecule has 5 heterocycles. The summed E-state index contributed by atoms with van der Waals surface area (Å²) < 4.78 is 5.86. The van der Waals surface area contributed by atoms with E-state index in [1.165, 1.54) is 28.9 Å². The average Bonchev–Trinajstić information content (AvgIpc) is 3.64. The Morgan fingerprint density at radius 1 is 1.32 bits per heavy atom. The van der Waals surface area contributed by atoms with Gasteiger partial charge in [0.2, 0.25) is 6.61 Å². The lowest BCUT2D eigenvalue weighted by Crippen LogP contribution is -2.71. The largest absolute Gasteiger partial charge is 0.477 e. The first kappa shape index (κ1) is 27.3. The summed E-state index contributed by atoms with van der Waals surface area (Å²) in [5.41, 5.74) is 2.22. The van der Waals surface area contributed by atoms with Gasteiger partial charge in [-0.05, 0) is 42.5 Å². The normalized spacial score (nSPS) is 18.8. The quantitative estimate of drug-likeness (QED) is 0.137. The van der Waals surface area contributed by atoms with Crippen LogP contribution in [0.15, 0.2) is 46.3 Å². The molecule has 3 N–H and O–H groups in total. The van der Waals surface area contributed by atoms with Crippen molar-refractivity contribution in [2.75, 3.05) is 19.0 Å². The first-order valence-electron chi connectivity index (χ1n) is 12.2. The Labute approximate surface area is 235 Å². The van der Waals surface area contributed by atoms with Crippen LogP contribution in [-0.2, 0) is 35.2 Å². The molecule has 0 saturated carbocycles. The average molecular weight is 585 g/mol. The van der Waals surface area contributed by atoms with Gasteiger partial charge in [-0.3, -0.25) is 24.6 Å². The lowest BCUT2D eigenvalue weighted by molar-refractivity contribution is -0.150. The van der Waals surface area contributed by atoms with Crippen LogP contribution >= 0.6 is 23.1 Å². The fourth-order valence-corrected chi connectivity index (χ4v) is 6.71. The Morgan fingerprint density at radius 3 is 2.88 bits per heavy atom. The van der Waals surface area contributed by atoms with Gasteiger partial charge in [0.05, 0.1) is 18.0 Å². The molecule has 3 aromatic heterocycles. The minimum Gasteiger partial charge on any atom is -0.477 e. The van der Waals surface area contributed by atoms with Gasteiger partial charge in [0.25, 0.3) is 11.8 Å². The number of carbonyl (C=O) groups excluding carboxylic acids is 3. The molecule has 1 fully saturated rings. The van der Waals surface area contributed by atoms with E-state index in [0.29, 0.717) is 11.3 Å². The number of thioether (sulfide) groups is 1. The van der Waals surface area contributed by atoms with E-state index in [1.807, 2.05) is 18.4 Å². The first-order chi connectivity index (χ1) is 19.3. The predicted molar refractivity (Wildman–Crippen MR) is 145 cm³/mol. The molecule has 3 aromatic rings. The van der Waals surface area contributed by atoms with Gasteiger partial charge in [0.15, 0.2) is 5.71 Å². The second-order valence-corrected chi connectivity index (χ2v) is 10.9. The summed E-state index contributed by atoms with van der Waals surface area (Å²) in [4.78, 5) is 60.9. The molecule has 5 rings (SSSR count). The van der Waals surface area contributed by atoms with Crippen molar-refractivity contribution < 1.29 is 33.9 Å². The van der Waals surface area contributed by atoms with Crippen LogP contribution < -0.4 is 5.32 Å². The van der Waals surface area contributed by atoms with E-state index in [-0.39, 0.29) is 30.1 Å². The molecule has 208 valence electrons. The SMILES string of the molecule is CCOC(=O)CON=C(C(=O)NC1C(=O)N2C(C(=O)O)=C(Cc3ncc(C)c4sccc34)CS[C@@H]12)c1ccn[nH]1. The zero-order chi connectivity index (χ0) is 28.4. The number of oxime groups is 1. The monoisotopic (exact) mass is 584 g/mol. The van der Waals surface area contributed by atoms with Gasteiger partial charge in [-0.25, -0.2) is 9.59 Å². The smallest absolute Gasteiger partial charge is 0.352 e. The molecule has 2 atom stereocenters. The Hall–Kier alpha value is -4.24. The van der Waals surface area contributed by atoms with Gasteiger partial charge in [0, 0.05) is 34.7 Å². The minimum absolute atomic E-state index is 0.0924. The Balaban J connectivity index is 1.34. The number of hydrogen-bond acceptors (Lipinski definition) is 11. The van der Waals surface area contributed by atoms with Crippen molar-refractivity contribution in [3.63, 3.8) is 0 Å². The number of H-pyrrole nitrogens is 1. The summed E-state index contributed by atoms with van der Waals surface area (Å²) in [5.74, 6) is -2.87. The zero-order valence-electron chi connectivity index (χ0n) is 21.4. The number of carboxylic acids is 1. The maximum atomic E-state index is 13.2. The number of amides is 2. The molecule has 1 unspecified atom stereocenters. The summed E-state index contributed by atoms with van der Waals surface area (Å²) in [6.45, 7) is 3.26. The van der Waals surface area contributed by atoms with E-state index in [4.69, 9.17) is 9.57 Å². The number of carboxylic acid groups (broad SMARTS) is 1. The first-order valence-corrected chi connectivity index (χ1v) is 14.1. The number of hydrogen-bond donors (Lipinski definition) is 3. The van der Waals surface area contributed by atoms with E-state index in [0.717, 1.165) is 21.3 Å². The molecule has 15 heteroatoms. The van der Waals surface area contributed by atoms with Crippen molar-refractivity contribution in [1.82, 2.24) is 25.4 Å². The fraction of sp³-hybridized carbons (Fsp3) is 0.320. The number of rotatable bonds is 10. The number of aromatic nitrogens is 3. The molecule has 0 radical (unpaired) electrons. The summed E-state index contributed by atoms with van der Waals surface area (Å²) >= 11 is 2.95. The van der Waals surface area contributed by atoms with E-state index in [2.05, 4.69) is 25.7 Å². The van der Waals surface area contributed by atoms with Gasteiger partial charge in [0.1, 0.15) is 17.1 Å². The number of thiophene rings is 1. The number of β-lactam (4-membered cyclic amide) rings is 1. The lowest BCUT2D eigenvalue weighted by Gasteiger charge is -2.49. The van der Waals surface area contributed by atoms with Gasteiger partial charge in [-0.15, -0.1) is 23.1 Å². The van der Waals surface area contributed by atoms with Crippen LogP contribution in [0.2, 0.25) is 0 Å². The Morgan fingerprint density at radius 2 is 2.15 bits per heavy atom. The molecular weight excluding hydrogens is 560 g/mol. The van der Waals surface area contributed by atoms with Crippen LogP contribution in [0.4, 0.5) is 0 Å². The zero-order valence-corrected chi connectivity index (χ0v) is 23.0. The molecule has 2 aliphatic heterocycles. The van der Waals surface area contributed by atoms with Gasteiger partial charge in [-0.2, -0.15) is 5.10 Å². The maximum absolute atomic E-state index is 13.2. The summed E-state index contributed by atoms with van der Waals surface area (Å²) in [5, 5.41) is 25.1. The van der Waals surface area contributed by atoms with E-state index >= 15 is 0 Å². The summed E-state index contributed by atoms with van der Waals surface area (Å²) in [6.07, 6.45) is 3.45. The number of aromatic amines is 1. The highest BCUT2D eigenvalue weighted by Gasteiger charge is 2.54. The fourth-order valence-electron chi connectivity index (χ4n) is 4.47. The standard InChI is InChI=1S/C25H24N6O7S2/c1-3-37-17(32)10-38-30-18(15-4-6-27-29-15)22(33)28-19-23(34)31-20(25(35)36)13(11-40-24(19)31)8-16-14-5-7-39-21(14)12(2)9-26-16/h4-7,9,19,24H,3,8,10-11H2,1-2H3,(H,27,29)(H,28,33)(H,35,36)/t19?,24-/m0/s1. The molecule has 0 spiro atoms. The molecule has 0 aromatic carbocycles.